The van der Waals surface area contributed by atoms with Crippen LogP contribution in [0.25, 0.3) is 0 Å². The lowest BCUT2D eigenvalue weighted by molar-refractivity contribution is 0.0928. The average molecular weight is 300 g/mol. The number of rotatable bonds is 5. The van der Waals surface area contributed by atoms with Crippen molar-refractivity contribution in [2.24, 2.45) is 5.41 Å². The van der Waals surface area contributed by atoms with Crippen LogP contribution in [-0.4, -0.2) is 24.2 Å². The van der Waals surface area contributed by atoms with Gasteiger partial charge in [-0.25, -0.2) is 0 Å². The van der Waals surface area contributed by atoms with E-state index in [1.54, 1.807) is 12.1 Å². The Bertz CT molecular complexity index is 391. The van der Waals surface area contributed by atoms with E-state index in [0.29, 0.717) is 18.5 Å². The van der Waals surface area contributed by atoms with Gasteiger partial charge in [0.1, 0.15) is 0 Å². The Labute approximate surface area is 110 Å². The van der Waals surface area contributed by atoms with Crippen LogP contribution in [0.4, 0.5) is 0 Å². The third kappa shape index (κ3) is 4.88. The van der Waals surface area contributed by atoms with Gasteiger partial charge in [0.05, 0.1) is 0 Å². The molecule has 94 valence electrons. The molecule has 0 saturated heterocycles. The van der Waals surface area contributed by atoms with Gasteiger partial charge in [0.25, 0.3) is 5.91 Å². The van der Waals surface area contributed by atoms with E-state index in [0.717, 1.165) is 4.47 Å². The second-order valence-corrected chi connectivity index (χ2v) is 5.75. The maximum absolute atomic E-state index is 11.9. The number of amides is 1. The highest BCUT2D eigenvalue weighted by atomic mass is 79.9. The summed E-state index contributed by atoms with van der Waals surface area (Å²) in [5, 5.41) is 11.8. The molecule has 1 amide bonds. The van der Waals surface area contributed by atoms with Crippen LogP contribution in [0.5, 0.6) is 0 Å². The predicted octanol–water partition coefficient (Wildman–Crippen LogP) is 2.59. The molecule has 4 heteroatoms. The van der Waals surface area contributed by atoms with Gasteiger partial charge < -0.3 is 10.4 Å². The van der Waals surface area contributed by atoms with E-state index in [-0.39, 0.29) is 17.9 Å². The second kappa shape index (κ2) is 6.17. The maximum atomic E-state index is 11.9. The number of hydrogen-bond acceptors (Lipinski definition) is 2. The van der Waals surface area contributed by atoms with Crippen molar-refractivity contribution in [2.45, 2.75) is 20.3 Å². The fourth-order valence-corrected chi connectivity index (χ4v) is 1.84. The molecule has 1 rings (SSSR count). The van der Waals surface area contributed by atoms with Gasteiger partial charge in [0.2, 0.25) is 0 Å². The monoisotopic (exact) mass is 299 g/mol. The molecule has 2 N–H and O–H groups in total. The van der Waals surface area contributed by atoms with E-state index in [4.69, 9.17) is 5.11 Å². The number of hydrogen-bond donors (Lipinski definition) is 2. The molecule has 3 nitrogen and oxygen atoms in total. The van der Waals surface area contributed by atoms with Gasteiger partial charge >= 0.3 is 0 Å². The lowest BCUT2D eigenvalue weighted by Gasteiger charge is -2.23. The first kappa shape index (κ1) is 14.2. The number of carbonyl (C=O) groups excluding carboxylic acids is 1. The van der Waals surface area contributed by atoms with Gasteiger partial charge in [-0.2, -0.15) is 0 Å². The van der Waals surface area contributed by atoms with Crippen molar-refractivity contribution >= 4 is 21.8 Å². The normalized spacial score (nSPS) is 11.3. The number of halogens is 1. The summed E-state index contributed by atoms with van der Waals surface area (Å²) in [7, 11) is 0. The minimum atomic E-state index is -0.0869. The van der Waals surface area contributed by atoms with Crippen molar-refractivity contribution in [3.8, 4) is 0 Å². The number of aliphatic hydroxyl groups excluding tert-OH is 1. The van der Waals surface area contributed by atoms with Crippen molar-refractivity contribution in [1.29, 1.82) is 0 Å². The van der Waals surface area contributed by atoms with Crippen molar-refractivity contribution < 1.29 is 9.90 Å². The molecular formula is C13H18BrNO2. The Hall–Kier alpha value is -0.870. The molecule has 0 radical (unpaired) electrons. The first-order valence-electron chi connectivity index (χ1n) is 5.59. The average Bonchev–Trinajstić information content (AvgIpc) is 2.26. The van der Waals surface area contributed by atoms with Crippen LogP contribution < -0.4 is 5.32 Å². The highest BCUT2D eigenvalue weighted by Crippen LogP contribution is 2.18. The Morgan fingerprint density at radius 3 is 2.76 bits per heavy atom. The summed E-state index contributed by atoms with van der Waals surface area (Å²) >= 11 is 3.33. The largest absolute Gasteiger partial charge is 0.396 e. The molecule has 1 aromatic rings. The predicted molar refractivity (Wildman–Crippen MR) is 72.0 cm³/mol. The Kier molecular flexibility index (Phi) is 5.15. The van der Waals surface area contributed by atoms with Crippen molar-refractivity contribution in [3.05, 3.63) is 34.3 Å². The fourth-order valence-electron chi connectivity index (χ4n) is 1.44. The second-order valence-electron chi connectivity index (χ2n) is 4.83. The molecule has 0 aromatic heterocycles. The van der Waals surface area contributed by atoms with Crippen molar-refractivity contribution in [3.63, 3.8) is 0 Å². The smallest absolute Gasteiger partial charge is 0.251 e. The van der Waals surface area contributed by atoms with E-state index in [2.05, 4.69) is 21.2 Å². The third-order valence-corrected chi connectivity index (χ3v) is 3.10. The number of carbonyl (C=O) groups is 1. The molecule has 0 aliphatic carbocycles. The van der Waals surface area contributed by atoms with Crippen molar-refractivity contribution in [2.75, 3.05) is 13.2 Å². The van der Waals surface area contributed by atoms with Gasteiger partial charge in [0, 0.05) is 23.2 Å². The van der Waals surface area contributed by atoms with E-state index >= 15 is 0 Å². The highest BCUT2D eigenvalue weighted by Gasteiger charge is 2.18. The molecule has 0 fully saturated rings. The zero-order valence-electron chi connectivity index (χ0n) is 10.2. The summed E-state index contributed by atoms with van der Waals surface area (Å²) < 4.78 is 0.889. The highest BCUT2D eigenvalue weighted by molar-refractivity contribution is 9.10. The first-order valence-corrected chi connectivity index (χ1v) is 6.38. The number of nitrogens with one attached hydrogen (secondary N) is 1. The lowest BCUT2D eigenvalue weighted by Crippen LogP contribution is -2.34. The molecule has 0 aliphatic heterocycles. The van der Waals surface area contributed by atoms with Crippen LogP contribution in [0.3, 0.4) is 0 Å². The zero-order chi connectivity index (χ0) is 12.9. The van der Waals surface area contributed by atoms with E-state index in [1.165, 1.54) is 0 Å². The third-order valence-electron chi connectivity index (χ3n) is 2.60. The summed E-state index contributed by atoms with van der Waals surface area (Å²) in [6.07, 6.45) is 0.672. The number of benzene rings is 1. The van der Waals surface area contributed by atoms with Crippen LogP contribution >= 0.6 is 15.9 Å². The minimum Gasteiger partial charge on any atom is -0.396 e. The Balaban J connectivity index is 2.56. The molecule has 1 aromatic carbocycles. The molecule has 0 atom stereocenters. The van der Waals surface area contributed by atoms with Crippen LogP contribution in [0.2, 0.25) is 0 Å². The van der Waals surface area contributed by atoms with Crippen LogP contribution in [0.1, 0.15) is 30.6 Å². The van der Waals surface area contributed by atoms with Gasteiger partial charge in [-0.3, -0.25) is 4.79 Å². The molecule has 0 spiro atoms. The minimum absolute atomic E-state index is 0.0858. The van der Waals surface area contributed by atoms with Gasteiger partial charge in [0.15, 0.2) is 0 Å². The van der Waals surface area contributed by atoms with Crippen LogP contribution in [0.15, 0.2) is 28.7 Å². The zero-order valence-corrected chi connectivity index (χ0v) is 11.8. The van der Waals surface area contributed by atoms with E-state index in [1.807, 2.05) is 26.0 Å². The topological polar surface area (TPSA) is 49.3 Å². The lowest BCUT2D eigenvalue weighted by atomic mass is 9.89. The summed E-state index contributed by atoms with van der Waals surface area (Å²) in [4.78, 5) is 11.9. The van der Waals surface area contributed by atoms with Gasteiger partial charge in [-0.05, 0) is 30.0 Å². The molecule has 0 aliphatic rings. The quantitative estimate of drug-likeness (QED) is 0.878. The molecule has 0 heterocycles. The number of aliphatic hydroxyl groups is 1. The van der Waals surface area contributed by atoms with E-state index < -0.39 is 0 Å². The summed E-state index contributed by atoms with van der Waals surface area (Å²) in [5.74, 6) is -0.0858. The molecular weight excluding hydrogens is 282 g/mol. The maximum Gasteiger partial charge on any atom is 0.251 e. The molecule has 0 bridgehead atoms. The van der Waals surface area contributed by atoms with Crippen molar-refractivity contribution in [1.82, 2.24) is 5.32 Å². The summed E-state index contributed by atoms with van der Waals surface area (Å²) in [6, 6.07) is 7.28. The van der Waals surface area contributed by atoms with E-state index in [9.17, 15) is 4.79 Å². The van der Waals surface area contributed by atoms with Crippen LogP contribution in [0, 0.1) is 5.41 Å². The van der Waals surface area contributed by atoms with Crippen LogP contribution in [-0.2, 0) is 0 Å². The first-order chi connectivity index (χ1) is 7.94. The molecule has 0 unspecified atom stereocenters. The SMILES string of the molecule is CC(C)(CCO)CNC(=O)c1cccc(Br)c1. The standard InChI is InChI=1S/C13H18BrNO2/c1-13(2,6-7-16)9-15-12(17)10-4-3-5-11(14)8-10/h3-5,8,16H,6-7,9H2,1-2H3,(H,15,17). The molecule has 0 saturated carbocycles. The Morgan fingerprint density at radius 1 is 1.47 bits per heavy atom. The Morgan fingerprint density at radius 2 is 2.18 bits per heavy atom. The van der Waals surface area contributed by atoms with Gasteiger partial charge in [-0.1, -0.05) is 35.8 Å². The molecule has 17 heavy (non-hydrogen) atoms. The van der Waals surface area contributed by atoms with Gasteiger partial charge in [-0.15, -0.1) is 0 Å². The fraction of sp³-hybridized carbons (Fsp3) is 0.462. The summed E-state index contributed by atoms with van der Waals surface area (Å²) in [6.45, 7) is 4.73. The summed E-state index contributed by atoms with van der Waals surface area (Å²) in [5.41, 5.74) is 0.551.